The van der Waals surface area contributed by atoms with Crippen molar-refractivity contribution in [2.24, 2.45) is 0 Å². The lowest BCUT2D eigenvalue weighted by Crippen LogP contribution is -2.40. The van der Waals surface area contributed by atoms with E-state index < -0.39 is 17.6 Å². The quantitative estimate of drug-likeness (QED) is 0.809. The van der Waals surface area contributed by atoms with Crippen molar-refractivity contribution < 1.29 is 14.0 Å². The molecule has 1 aliphatic heterocycles. The average molecular weight is 298 g/mol. The highest BCUT2D eigenvalue weighted by Gasteiger charge is 2.33. The summed E-state index contributed by atoms with van der Waals surface area (Å²) in [4.78, 5) is 23.1. The molecule has 1 aromatic carbocycles. The van der Waals surface area contributed by atoms with E-state index in [1.807, 2.05) is 20.8 Å². The fourth-order valence-corrected chi connectivity index (χ4v) is 2.71. The highest BCUT2D eigenvalue weighted by Crippen LogP contribution is 2.37. The summed E-state index contributed by atoms with van der Waals surface area (Å²) in [5, 5.41) is 2.46. The van der Waals surface area contributed by atoms with Crippen LogP contribution in [0, 0.1) is 5.82 Å². The second kappa shape index (κ2) is 5.17. The van der Waals surface area contributed by atoms with Gasteiger partial charge in [-0.05, 0) is 23.5 Å². The number of rotatable bonds is 1. The summed E-state index contributed by atoms with van der Waals surface area (Å²) in [6.45, 7) is 5.69. The van der Waals surface area contributed by atoms with E-state index in [0.29, 0.717) is 5.56 Å². The van der Waals surface area contributed by atoms with Gasteiger partial charge in [0.1, 0.15) is 5.82 Å². The number of carbonyl (C=O) groups excluding carboxylic acids is 2. The molecule has 1 aliphatic rings. The van der Waals surface area contributed by atoms with Gasteiger partial charge in [-0.15, -0.1) is 0 Å². The lowest BCUT2D eigenvalue weighted by molar-refractivity contribution is -0.134. The van der Waals surface area contributed by atoms with Gasteiger partial charge < -0.3 is 0 Å². The molecule has 0 aromatic heterocycles. The zero-order chi connectivity index (χ0) is 15.1. The normalized spacial score (nSPS) is 19.9. The molecule has 0 bridgehead atoms. The van der Waals surface area contributed by atoms with Crippen molar-refractivity contribution in [2.75, 3.05) is 0 Å². The monoisotopic (exact) mass is 297 g/mol. The van der Waals surface area contributed by atoms with Crippen LogP contribution in [0.25, 0.3) is 0 Å². The van der Waals surface area contributed by atoms with Gasteiger partial charge in [-0.25, -0.2) is 4.39 Å². The summed E-state index contributed by atoms with van der Waals surface area (Å²) in [7, 11) is 0. The van der Waals surface area contributed by atoms with Crippen molar-refractivity contribution in [3.8, 4) is 0 Å². The molecule has 5 heteroatoms. The molecule has 1 heterocycles. The lowest BCUT2D eigenvalue weighted by atomic mass is 9.82. The number of hydrogen-bond donors (Lipinski definition) is 1. The molecule has 0 radical (unpaired) electrons. The molecule has 1 atom stereocenters. The molecule has 1 N–H and O–H groups in total. The van der Waals surface area contributed by atoms with Crippen LogP contribution in [0.5, 0.6) is 0 Å². The van der Waals surface area contributed by atoms with E-state index in [0.717, 1.165) is 0 Å². The third-order valence-electron chi connectivity index (χ3n) is 3.52. The summed E-state index contributed by atoms with van der Waals surface area (Å²) < 4.78 is 14.7. The first-order chi connectivity index (χ1) is 9.21. The highest BCUT2D eigenvalue weighted by atomic mass is 35.5. The molecule has 2 rings (SSSR count). The number of amides is 2. The molecule has 0 spiro atoms. The van der Waals surface area contributed by atoms with Crippen LogP contribution in [0.3, 0.4) is 0 Å². The SMILES string of the molecule is CC(C)(C)c1ccc(Cl)c(C2CCC(=O)NC2=O)c1F. The Morgan fingerprint density at radius 3 is 2.50 bits per heavy atom. The molecule has 3 nitrogen and oxygen atoms in total. The van der Waals surface area contributed by atoms with Gasteiger partial charge in [0.2, 0.25) is 11.8 Å². The third kappa shape index (κ3) is 2.70. The standard InChI is InChI=1S/C15H17ClFNO2/c1-15(2,3)9-5-6-10(16)12(13(9)17)8-4-7-11(19)18-14(8)20/h5-6,8H,4,7H2,1-3H3,(H,18,19,20). The molecule has 108 valence electrons. The first-order valence-corrected chi connectivity index (χ1v) is 6.91. The van der Waals surface area contributed by atoms with Crippen LogP contribution in [0.1, 0.15) is 50.7 Å². The molecule has 1 unspecified atom stereocenters. The van der Waals surface area contributed by atoms with Crippen LogP contribution in [0.4, 0.5) is 4.39 Å². The fraction of sp³-hybridized carbons (Fsp3) is 0.467. The molecule has 2 amide bonds. The Balaban J connectivity index is 2.51. The topological polar surface area (TPSA) is 46.2 Å². The Bertz CT molecular complexity index is 578. The summed E-state index contributed by atoms with van der Waals surface area (Å²) in [6, 6.07) is 3.26. The number of carbonyl (C=O) groups is 2. The summed E-state index contributed by atoms with van der Waals surface area (Å²) >= 11 is 6.08. The van der Waals surface area contributed by atoms with Crippen LogP contribution < -0.4 is 5.32 Å². The summed E-state index contributed by atoms with van der Waals surface area (Å²) in [6.07, 6.45) is 0.487. The second-order valence-electron chi connectivity index (χ2n) is 6.08. The smallest absolute Gasteiger partial charge is 0.234 e. The number of halogens is 2. The molecular formula is C15H17ClFNO2. The van der Waals surface area contributed by atoms with Gasteiger partial charge in [0, 0.05) is 17.0 Å². The van der Waals surface area contributed by atoms with E-state index in [4.69, 9.17) is 11.6 Å². The van der Waals surface area contributed by atoms with Crippen molar-refractivity contribution in [1.29, 1.82) is 0 Å². The van der Waals surface area contributed by atoms with Gasteiger partial charge in [0.05, 0.1) is 5.92 Å². The van der Waals surface area contributed by atoms with Crippen molar-refractivity contribution in [2.45, 2.75) is 44.9 Å². The zero-order valence-corrected chi connectivity index (χ0v) is 12.5. The van der Waals surface area contributed by atoms with Crippen molar-refractivity contribution in [3.63, 3.8) is 0 Å². The van der Waals surface area contributed by atoms with Gasteiger partial charge >= 0.3 is 0 Å². The minimum absolute atomic E-state index is 0.198. The Hall–Kier alpha value is -1.42. The minimum Gasteiger partial charge on any atom is -0.296 e. The van der Waals surface area contributed by atoms with Gasteiger partial charge in [-0.1, -0.05) is 38.4 Å². The number of piperidine rings is 1. The van der Waals surface area contributed by atoms with Crippen molar-refractivity contribution in [1.82, 2.24) is 5.32 Å². The van der Waals surface area contributed by atoms with Gasteiger partial charge in [0.15, 0.2) is 0 Å². The Kier molecular flexibility index (Phi) is 3.87. The van der Waals surface area contributed by atoms with E-state index in [-0.39, 0.29) is 34.7 Å². The Morgan fingerprint density at radius 2 is 1.95 bits per heavy atom. The van der Waals surface area contributed by atoms with Crippen LogP contribution in [-0.4, -0.2) is 11.8 Å². The van der Waals surface area contributed by atoms with Crippen LogP contribution in [-0.2, 0) is 15.0 Å². The van der Waals surface area contributed by atoms with E-state index in [9.17, 15) is 14.0 Å². The second-order valence-corrected chi connectivity index (χ2v) is 6.48. The van der Waals surface area contributed by atoms with Crippen molar-refractivity contribution >= 4 is 23.4 Å². The predicted octanol–water partition coefficient (Wildman–Crippen LogP) is 3.30. The number of benzene rings is 1. The zero-order valence-electron chi connectivity index (χ0n) is 11.7. The van der Waals surface area contributed by atoms with Crippen molar-refractivity contribution in [3.05, 3.63) is 34.1 Å². The summed E-state index contributed by atoms with van der Waals surface area (Å²) in [5.74, 6) is -1.95. The predicted molar refractivity (Wildman–Crippen MR) is 75.2 cm³/mol. The third-order valence-corrected chi connectivity index (χ3v) is 3.85. The molecule has 0 aliphatic carbocycles. The molecule has 20 heavy (non-hydrogen) atoms. The van der Waals surface area contributed by atoms with Crippen LogP contribution in [0.15, 0.2) is 12.1 Å². The van der Waals surface area contributed by atoms with Crippen LogP contribution >= 0.6 is 11.6 Å². The average Bonchev–Trinajstić information content (AvgIpc) is 2.29. The van der Waals surface area contributed by atoms with E-state index in [2.05, 4.69) is 5.32 Å². The summed E-state index contributed by atoms with van der Waals surface area (Å²) in [5.41, 5.74) is 0.329. The molecule has 1 aromatic rings. The molecule has 1 saturated heterocycles. The minimum atomic E-state index is -0.706. The maximum Gasteiger partial charge on any atom is 0.234 e. The Morgan fingerprint density at radius 1 is 1.30 bits per heavy atom. The van der Waals surface area contributed by atoms with E-state index in [1.165, 1.54) is 0 Å². The Labute approximate surface area is 122 Å². The van der Waals surface area contributed by atoms with E-state index >= 15 is 0 Å². The highest BCUT2D eigenvalue weighted by molar-refractivity contribution is 6.31. The first-order valence-electron chi connectivity index (χ1n) is 6.54. The first kappa shape index (κ1) is 15.0. The molecule has 1 fully saturated rings. The van der Waals surface area contributed by atoms with Gasteiger partial charge in [-0.2, -0.15) is 0 Å². The van der Waals surface area contributed by atoms with Crippen LogP contribution in [0.2, 0.25) is 5.02 Å². The van der Waals surface area contributed by atoms with E-state index in [1.54, 1.807) is 12.1 Å². The maximum absolute atomic E-state index is 14.7. The maximum atomic E-state index is 14.7. The molecular weight excluding hydrogens is 281 g/mol. The van der Waals surface area contributed by atoms with Gasteiger partial charge in [-0.3, -0.25) is 14.9 Å². The fourth-order valence-electron chi connectivity index (χ4n) is 2.44. The number of hydrogen-bond acceptors (Lipinski definition) is 2. The lowest BCUT2D eigenvalue weighted by Gasteiger charge is -2.26. The largest absolute Gasteiger partial charge is 0.296 e. The molecule has 0 saturated carbocycles. The number of nitrogens with one attached hydrogen (secondary N) is 1. The number of imide groups is 1. The van der Waals surface area contributed by atoms with Gasteiger partial charge in [0.25, 0.3) is 0 Å².